The number of aliphatic hydroxyl groups excluding tert-OH is 9. The minimum Gasteiger partial charge on any atom is -0.394 e. The first-order valence-corrected chi connectivity index (χ1v) is 21.0. The summed E-state index contributed by atoms with van der Waals surface area (Å²) in [7, 11) is 0. The number of fused-ring (bicyclic) bond motifs is 5. The van der Waals surface area contributed by atoms with Gasteiger partial charge < -0.3 is 70.0 Å². The Morgan fingerprint density at radius 2 is 1.36 bits per heavy atom. The van der Waals surface area contributed by atoms with Crippen molar-refractivity contribution >= 4 is 0 Å². The van der Waals surface area contributed by atoms with E-state index in [-0.39, 0.29) is 34.5 Å². The Hall–Kier alpha value is -0.820. The van der Waals surface area contributed by atoms with Crippen LogP contribution in [0.2, 0.25) is 0 Å². The van der Waals surface area contributed by atoms with Gasteiger partial charge in [-0.25, -0.2) is 0 Å². The molecule has 0 bridgehead atoms. The van der Waals surface area contributed by atoms with Gasteiger partial charge in [-0.1, -0.05) is 46.3 Å². The minimum absolute atomic E-state index is 0.0539. The molecule has 324 valence electrons. The third kappa shape index (κ3) is 7.16. The van der Waals surface area contributed by atoms with Gasteiger partial charge in [0.05, 0.1) is 37.1 Å². The van der Waals surface area contributed by atoms with E-state index in [1.54, 1.807) is 0 Å². The van der Waals surface area contributed by atoms with Crippen LogP contribution >= 0.6 is 0 Å². The van der Waals surface area contributed by atoms with E-state index in [1.165, 1.54) is 5.57 Å². The van der Waals surface area contributed by atoms with E-state index in [4.69, 9.17) is 18.9 Å². The molecule has 4 saturated carbocycles. The summed E-state index contributed by atoms with van der Waals surface area (Å²) in [5.74, 6) is -0.422. The summed E-state index contributed by atoms with van der Waals surface area (Å²) in [5.41, 5.74) is -1.52. The average Bonchev–Trinajstić information content (AvgIpc) is 3.50. The van der Waals surface area contributed by atoms with E-state index >= 15 is 0 Å². The predicted octanol–water partition coefficient (Wildman–Crippen LogP) is 1.12. The van der Waals surface area contributed by atoms with Gasteiger partial charge >= 0.3 is 0 Å². The van der Waals surface area contributed by atoms with Crippen molar-refractivity contribution in [3.63, 3.8) is 0 Å². The lowest BCUT2D eigenvalue weighted by Crippen LogP contribution is -2.70. The summed E-state index contributed by atoms with van der Waals surface area (Å²) < 4.78 is 24.2. The zero-order valence-corrected chi connectivity index (χ0v) is 34.6. The second-order valence-corrected chi connectivity index (χ2v) is 20.3. The molecule has 2 saturated heterocycles. The first-order chi connectivity index (χ1) is 26.0. The highest BCUT2D eigenvalue weighted by molar-refractivity contribution is 5.22. The van der Waals surface area contributed by atoms with Crippen molar-refractivity contribution in [2.24, 2.45) is 45.3 Å². The molecule has 0 unspecified atom stereocenters. The molecule has 0 aromatic rings. The first-order valence-electron chi connectivity index (χ1n) is 21.0. The van der Waals surface area contributed by atoms with Crippen LogP contribution in [0.5, 0.6) is 0 Å². The summed E-state index contributed by atoms with van der Waals surface area (Å²) in [6.45, 7) is 15.6. The Kier molecular flexibility index (Phi) is 12.7. The van der Waals surface area contributed by atoms with Crippen molar-refractivity contribution in [3.8, 4) is 0 Å². The lowest BCUT2D eigenvalue weighted by atomic mass is 9.34. The van der Waals surface area contributed by atoms with E-state index in [9.17, 15) is 51.1 Å². The molecule has 0 aromatic carbocycles. The molecule has 0 radical (unpaired) electrons. The lowest BCUT2D eigenvalue weighted by molar-refractivity contribution is -0.380. The van der Waals surface area contributed by atoms with Crippen LogP contribution in [-0.2, 0) is 18.9 Å². The molecule has 0 spiro atoms. The quantitative estimate of drug-likeness (QED) is 0.110. The van der Waals surface area contributed by atoms with Crippen molar-refractivity contribution in [1.82, 2.24) is 0 Å². The van der Waals surface area contributed by atoms with E-state index in [0.717, 1.165) is 19.3 Å². The van der Waals surface area contributed by atoms with Crippen molar-refractivity contribution in [1.29, 1.82) is 0 Å². The molecule has 2 aliphatic heterocycles. The predicted molar refractivity (Wildman–Crippen MR) is 202 cm³/mol. The summed E-state index contributed by atoms with van der Waals surface area (Å²) >= 11 is 0. The van der Waals surface area contributed by atoms with Crippen LogP contribution in [0.1, 0.15) is 107 Å². The SMILES string of the molecule is CC(C)=CCC[C@@](C)(O)[C@H]1CC[C@]2(C)[C@@H]1[C@H](O)C[C@@H]1[C@@]3(C)CC[C@H](O[C@@H]4O[C@H](CO)[C@@H](O)[C@H](O)[C@H]4O[C@@H]4O[C@H](CO)[C@@H](O)[C@H](O)[C@H]4O)C(C)(C)[C@@H]3[C@@H](O)C[C@]12C. The zero-order chi connectivity index (χ0) is 41.5. The molecule has 0 aromatic heterocycles. The van der Waals surface area contributed by atoms with Crippen LogP contribution in [0.4, 0.5) is 0 Å². The number of aliphatic hydroxyl groups is 10. The van der Waals surface area contributed by atoms with Gasteiger partial charge in [0.2, 0.25) is 0 Å². The fraction of sp³-hybridized carbons (Fsp3) is 0.952. The Bertz CT molecular complexity index is 1400. The molecule has 6 fully saturated rings. The normalized spacial score (nSPS) is 52.6. The maximum atomic E-state index is 12.4. The van der Waals surface area contributed by atoms with Gasteiger partial charge in [0.15, 0.2) is 12.6 Å². The lowest BCUT2D eigenvalue weighted by Gasteiger charge is -2.71. The summed E-state index contributed by atoms with van der Waals surface area (Å²) in [4.78, 5) is 0. The third-order valence-corrected chi connectivity index (χ3v) is 16.5. The summed E-state index contributed by atoms with van der Waals surface area (Å²) in [5, 5.41) is 110. The third-order valence-electron chi connectivity index (χ3n) is 16.5. The monoisotopic (exact) mass is 800 g/mol. The summed E-state index contributed by atoms with van der Waals surface area (Å²) in [6.07, 6.45) is -10.1. The zero-order valence-electron chi connectivity index (χ0n) is 34.6. The molecule has 2 heterocycles. The van der Waals surface area contributed by atoms with Crippen LogP contribution in [0.3, 0.4) is 0 Å². The largest absolute Gasteiger partial charge is 0.394 e. The van der Waals surface area contributed by atoms with Gasteiger partial charge in [-0.05, 0) is 117 Å². The summed E-state index contributed by atoms with van der Waals surface area (Å²) in [6, 6.07) is 0. The van der Waals surface area contributed by atoms with Crippen molar-refractivity contribution in [2.45, 2.75) is 192 Å². The molecule has 56 heavy (non-hydrogen) atoms. The number of hydrogen-bond donors (Lipinski definition) is 10. The van der Waals surface area contributed by atoms with E-state index in [1.807, 2.05) is 20.8 Å². The molecule has 21 atom stereocenters. The minimum atomic E-state index is -1.79. The van der Waals surface area contributed by atoms with Crippen LogP contribution in [0.25, 0.3) is 0 Å². The second-order valence-electron chi connectivity index (χ2n) is 20.3. The first kappa shape index (κ1) is 44.7. The van der Waals surface area contributed by atoms with Gasteiger partial charge in [-0.3, -0.25) is 0 Å². The fourth-order valence-electron chi connectivity index (χ4n) is 13.5. The van der Waals surface area contributed by atoms with E-state index < -0.39 is 109 Å². The van der Waals surface area contributed by atoms with Gasteiger partial charge in [0.25, 0.3) is 0 Å². The van der Waals surface area contributed by atoms with Crippen LogP contribution < -0.4 is 0 Å². The van der Waals surface area contributed by atoms with Crippen LogP contribution in [-0.4, -0.2) is 150 Å². The number of allylic oxidation sites excluding steroid dienone is 2. The average molecular weight is 801 g/mol. The van der Waals surface area contributed by atoms with E-state index in [2.05, 4.69) is 40.7 Å². The Morgan fingerprint density at radius 1 is 0.750 bits per heavy atom. The molecule has 6 rings (SSSR count). The smallest absolute Gasteiger partial charge is 0.187 e. The Labute approximate surface area is 331 Å². The van der Waals surface area contributed by atoms with Crippen molar-refractivity contribution in [2.75, 3.05) is 13.2 Å². The number of hydrogen-bond acceptors (Lipinski definition) is 14. The van der Waals surface area contributed by atoms with Gasteiger partial charge in [0, 0.05) is 0 Å². The van der Waals surface area contributed by atoms with Crippen LogP contribution in [0.15, 0.2) is 11.6 Å². The van der Waals surface area contributed by atoms with Crippen molar-refractivity contribution < 1.29 is 70.0 Å². The maximum Gasteiger partial charge on any atom is 0.187 e. The van der Waals surface area contributed by atoms with Crippen molar-refractivity contribution in [3.05, 3.63) is 11.6 Å². The molecule has 4 aliphatic carbocycles. The Morgan fingerprint density at radius 3 is 1.96 bits per heavy atom. The fourth-order valence-corrected chi connectivity index (χ4v) is 13.5. The molecule has 14 heteroatoms. The van der Waals surface area contributed by atoms with Gasteiger partial charge in [0.1, 0.15) is 48.8 Å². The van der Waals surface area contributed by atoms with Gasteiger partial charge in [-0.2, -0.15) is 0 Å². The second kappa shape index (κ2) is 15.9. The molecule has 10 N–H and O–H groups in total. The molecular weight excluding hydrogens is 728 g/mol. The standard InChI is InChI=1S/C42H72O14/c1-20(2)10-9-13-42(8,52)21-11-15-40(6)28(21)22(45)16-26-39(5)14-12-27(38(3,4)35(39)23(46)17-41(26,40)7)55-37-34(32(50)30(48)25(19-44)54-37)56-36-33(51)31(49)29(47)24(18-43)53-36/h10,21-37,43-52H,9,11-19H2,1-8H3/t21-,22+,23-,24+,25+,26+,27-,28-,29+,30+,31-,32-,33+,34+,35-,36-,37-,39+,40+,41+,42+/m0/s1. The molecule has 14 nitrogen and oxygen atoms in total. The number of rotatable bonds is 10. The molecular formula is C42H72O14. The highest BCUT2D eigenvalue weighted by Crippen LogP contribution is 2.76. The highest BCUT2D eigenvalue weighted by atomic mass is 16.8. The Balaban J connectivity index is 1.25. The van der Waals surface area contributed by atoms with Crippen LogP contribution in [0, 0.1) is 45.3 Å². The van der Waals surface area contributed by atoms with E-state index in [0.29, 0.717) is 32.1 Å². The highest BCUT2D eigenvalue weighted by Gasteiger charge is 2.73. The van der Waals surface area contributed by atoms with Gasteiger partial charge in [-0.15, -0.1) is 0 Å². The topological polar surface area (TPSA) is 239 Å². The molecule has 6 aliphatic rings. The molecule has 0 amide bonds. The maximum absolute atomic E-state index is 12.4. The number of ether oxygens (including phenoxy) is 4.